The Balaban J connectivity index is 2.38. The fraction of sp³-hybridized carbons (Fsp3) is 0.333. The minimum absolute atomic E-state index is 0.0535. The van der Waals surface area contributed by atoms with Gasteiger partial charge in [-0.25, -0.2) is 13.2 Å². The van der Waals surface area contributed by atoms with Crippen LogP contribution >= 0.6 is 0 Å². The van der Waals surface area contributed by atoms with Crippen LogP contribution in [0.5, 0.6) is 0 Å². The van der Waals surface area contributed by atoms with Gasteiger partial charge >= 0.3 is 5.97 Å². The highest BCUT2D eigenvalue weighted by Crippen LogP contribution is 2.19. The van der Waals surface area contributed by atoms with Crippen LogP contribution in [0.2, 0.25) is 0 Å². The number of carboxylic acid groups (broad SMARTS) is 1. The Labute approximate surface area is 122 Å². The van der Waals surface area contributed by atoms with Crippen LogP contribution < -0.4 is 4.72 Å². The Kier molecular flexibility index (Phi) is 4.03. The fourth-order valence-corrected chi connectivity index (χ4v) is 3.03. The number of nitrogens with one attached hydrogen (secondary N) is 1. The lowest BCUT2D eigenvalue weighted by Crippen LogP contribution is -2.14. The molecule has 0 spiro atoms. The SMILES string of the molecule is CCCn1cc(S(=O)(=O)Nc2ccnn2C)cc1C(=O)O. The summed E-state index contributed by atoms with van der Waals surface area (Å²) in [6.45, 7) is 2.32. The number of aromatic carboxylic acids is 1. The van der Waals surface area contributed by atoms with Crippen molar-refractivity contribution in [1.82, 2.24) is 14.3 Å². The molecule has 2 N–H and O–H groups in total. The molecular formula is C12H16N4O4S. The molecule has 0 fully saturated rings. The van der Waals surface area contributed by atoms with Gasteiger partial charge in [-0.2, -0.15) is 5.10 Å². The van der Waals surface area contributed by atoms with Crippen molar-refractivity contribution >= 4 is 21.8 Å². The van der Waals surface area contributed by atoms with Gasteiger partial charge in [0.1, 0.15) is 16.4 Å². The molecule has 0 aliphatic heterocycles. The molecule has 0 atom stereocenters. The van der Waals surface area contributed by atoms with Gasteiger partial charge in [-0.3, -0.25) is 9.40 Å². The first-order valence-corrected chi connectivity index (χ1v) is 7.77. The summed E-state index contributed by atoms with van der Waals surface area (Å²) in [6, 6.07) is 2.66. The molecular weight excluding hydrogens is 296 g/mol. The molecule has 8 nitrogen and oxygen atoms in total. The molecule has 0 saturated heterocycles. The molecule has 2 aromatic rings. The molecule has 0 amide bonds. The number of sulfonamides is 1. The molecule has 0 aliphatic rings. The minimum atomic E-state index is -3.85. The second-order valence-electron chi connectivity index (χ2n) is 4.51. The first-order chi connectivity index (χ1) is 9.85. The zero-order valence-electron chi connectivity index (χ0n) is 11.6. The van der Waals surface area contributed by atoms with Gasteiger partial charge in [0, 0.05) is 25.9 Å². The topological polar surface area (TPSA) is 106 Å². The van der Waals surface area contributed by atoms with Gasteiger partial charge in [0.05, 0.1) is 6.20 Å². The molecule has 0 aromatic carbocycles. The van der Waals surface area contributed by atoms with Crippen molar-refractivity contribution in [2.75, 3.05) is 4.72 Å². The average molecular weight is 312 g/mol. The number of carboxylic acids is 1. The van der Waals surface area contributed by atoms with E-state index in [0.717, 1.165) is 6.07 Å². The van der Waals surface area contributed by atoms with Gasteiger partial charge in [-0.15, -0.1) is 0 Å². The quantitative estimate of drug-likeness (QED) is 0.831. The van der Waals surface area contributed by atoms with E-state index in [0.29, 0.717) is 18.8 Å². The summed E-state index contributed by atoms with van der Waals surface area (Å²) in [6.07, 6.45) is 3.48. The van der Waals surface area contributed by atoms with E-state index in [1.165, 1.54) is 27.7 Å². The lowest BCUT2D eigenvalue weighted by Gasteiger charge is -2.06. The summed E-state index contributed by atoms with van der Waals surface area (Å²) in [4.78, 5) is 11.1. The summed E-state index contributed by atoms with van der Waals surface area (Å²) in [5.41, 5.74) is -0.0535. The van der Waals surface area contributed by atoms with Crippen LogP contribution in [-0.4, -0.2) is 33.8 Å². The van der Waals surface area contributed by atoms with Crippen LogP contribution in [0.4, 0.5) is 5.82 Å². The van der Waals surface area contributed by atoms with Crippen LogP contribution in [0.1, 0.15) is 23.8 Å². The second kappa shape index (κ2) is 5.60. The molecule has 0 saturated carbocycles. The highest BCUT2D eigenvalue weighted by molar-refractivity contribution is 7.92. The molecule has 2 aromatic heterocycles. The van der Waals surface area contributed by atoms with E-state index in [-0.39, 0.29) is 10.6 Å². The van der Waals surface area contributed by atoms with Gasteiger partial charge in [0.2, 0.25) is 0 Å². The number of anilines is 1. The zero-order chi connectivity index (χ0) is 15.6. The number of aryl methyl sites for hydroxylation is 2. The maximum Gasteiger partial charge on any atom is 0.352 e. The number of hydrogen-bond acceptors (Lipinski definition) is 4. The van der Waals surface area contributed by atoms with Gasteiger partial charge in [0.25, 0.3) is 10.0 Å². The number of nitrogens with zero attached hydrogens (tertiary/aromatic N) is 3. The minimum Gasteiger partial charge on any atom is -0.477 e. The molecule has 0 aliphatic carbocycles. The first kappa shape index (κ1) is 15.1. The van der Waals surface area contributed by atoms with Crippen molar-refractivity contribution in [3.05, 3.63) is 30.2 Å². The number of rotatable bonds is 6. The standard InChI is InChI=1S/C12H16N4O4S/c1-3-6-16-8-9(7-10(16)12(17)18)21(19,20)14-11-4-5-13-15(11)2/h4-5,7-8,14H,3,6H2,1-2H3,(H,17,18). The van der Waals surface area contributed by atoms with Gasteiger partial charge in [0.15, 0.2) is 0 Å². The first-order valence-electron chi connectivity index (χ1n) is 6.29. The average Bonchev–Trinajstić information content (AvgIpc) is 2.97. The van der Waals surface area contributed by atoms with Gasteiger partial charge in [-0.05, 0) is 12.5 Å². The van der Waals surface area contributed by atoms with E-state index in [1.54, 1.807) is 7.05 Å². The molecule has 0 bridgehead atoms. The van der Waals surface area contributed by atoms with Crippen molar-refractivity contribution in [3.8, 4) is 0 Å². The molecule has 0 radical (unpaired) electrons. The lowest BCUT2D eigenvalue weighted by molar-refractivity contribution is 0.0685. The third-order valence-corrected chi connectivity index (χ3v) is 4.25. The normalized spacial score (nSPS) is 11.5. The van der Waals surface area contributed by atoms with E-state index >= 15 is 0 Å². The van der Waals surface area contributed by atoms with Crippen LogP contribution in [0.25, 0.3) is 0 Å². The van der Waals surface area contributed by atoms with E-state index in [4.69, 9.17) is 5.11 Å². The molecule has 114 valence electrons. The van der Waals surface area contributed by atoms with Crippen LogP contribution in [0.3, 0.4) is 0 Å². The van der Waals surface area contributed by atoms with Crippen molar-refractivity contribution < 1.29 is 18.3 Å². The molecule has 2 heterocycles. The van der Waals surface area contributed by atoms with Crippen LogP contribution in [0.15, 0.2) is 29.4 Å². The van der Waals surface area contributed by atoms with Crippen molar-refractivity contribution in [3.63, 3.8) is 0 Å². The number of carbonyl (C=O) groups is 1. The number of aromatic nitrogens is 3. The summed E-state index contributed by atoms with van der Waals surface area (Å²) >= 11 is 0. The van der Waals surface area contributed by atoms with E-state index in [9.17, 15) is 13.2 Å². The van der Waals surface area contributed by atoms with Gasteiger partial charge < -0.3 is 9.67 Å². The monoisotopic (exact) mass is 312 g/mol. The van der Waals surface area contributed by atoms with E-state index in [1.807, 2.05) is 6.92 Å². The molecule has 21 heavy (non-hydrogen) atoms. The molecule has 9 heteroatoms. The smallest absolute Gasteiger partial charge is 0.352 e. The summed E-state index contributed by atoms with van der Waals surface area (Å²) in [7, 11) is -2.25. The third kappa shape index (κ3) is 3.07. The zero-order valence-corrected chi connectivity index (χ0v) is 12.5. The maximum absolute atomic E-state index is 12.3. The lowest BCUT2D eigenvalue weighted by atomic mass is 10.4. The van der Waals surface area contributed by atoms with Gasteiger partial charge in [-0.1, -0.05) is 6.92 Å². The second-order valence-corrected chi connectivity index (χ2v) is 6.19. The van der Waals surface area contributed by atoms with E-state index < -0.39 is 16.0 Å². The van der Waals surface area contributed by atoms with Crippen molar-refractivity contribution in [2.45, 2.75) is 24.8 Å². The predicted octanol–water partition coefficient (Wildman–Crippen LogP) is 1.13. The summed E-state index contributed by atoms with van der Waals surface area (Å²) in [5.74, 6) is -0.861. The predicted molar refractivity (Wildman–Crippen MR) is 75.7 cm³/mol. The fourth-order valence-electron chi connectivity index (χ4n) is 1.91. The molecule has 0 unspecified atom stereocenters. The third-order valence-electron chi connectivity index (χ3n) is 2.93. The Morgan fingerprint density at radius 3 is 2.71 bits per heavy atom. The summed E-state index contributed by atoms with van der Waals surface area (Å²) < 4.78 is 29.7. The van der Waals surface area contributed by atoms with Crippen LogP contribution in [-0.2, 0) is 23.6 Å². The maximum atomic E-state index is 12.3. The van der Waals surface area contributed by atoms with E-state index in [2.05, 4.69) is 9.82 Å². The van der Waals surface area contributed by atoms with Crippen molar-refractivity contribution in [1.29, 1.82) is 0 Å². The molecule has 2 rings (SSSR count). The Morgan fingerprint density at radius 1 is 1.48 bits per heavy atom. The largest absolute Gasteiger partial charge is 0.477 e. The summed E-state index contributed by atoms with van der Waals surface area (Å²) in [5, 5.41) is 13.0. The number of hydrogen-bond donors (Lipinski definition) is 2. The Morgan fingerprint density at radius 2 is 2.19 bits per heavy atom. The highest BCUT2D eigenvalue weighted by Gasteiger charge is 2.22. The van der Waals surface area contributed by atoms with Crippen molar-refractivity contribution in [2.24, 2.45) is 7.05 Å². The van der Waals surface area contributed by atoms with Crippen LogP contribution in [0, 0.1) is 0 Å². The Hall–Kier alpha value is -2.29. The Bertz CT molecular complexity index is 760. The highest BCUT2D eigenvalue weighted by atomic mass is 32.2.